The quantitative estimate of drug-likeness (QED) is 0.710. The molecule has 0 aliphatic heterocycles. The Morgan fingerprint density at radius 2 is 1.91 bits per heavy atom. The Bertz CT molecular complexity index is 822. The molecule has 3 N–H and O–H groups in total. The maximum absolute atomic E-state index is 10.9. The summed E-state index contributed by atoms with van der Waals surface area (Å²) in [5, 5.41) is 8.94. The molecular formula is C18H17N3O2. The first-order valence-corrected chi connectivity index (χ1v) is 7.28. The summed E-state index contributed by atoms with van der Waals surface area (Å²) in [6.07, 6.45) is 4.39. The maximum Gasteiger partial charge on any atom is 0.335 e. The molecule has 0 atom stereocenters. The number of nitrogens with two attached hydrogens (primary N) is 1. The number of carboxylic acid groups (broad SMARTS) is 1. The number of aromatic carboxylic acids is 1. The molecule has 2 aromatic carbocycles. The largest absolute Gasteiger partial charge is 0.478 e. The smallest absolute Gasteiger partial charge is 0.335 e. The Morgan fingerprint density at radius 1 is 1.13 bits per heavy atom. The first-order chi connectivity index (χ1) is 11.1. The monoisotopic (exact) mass is 307 g/mol. The molecule has 5 heteroatoms. The van der Waals surface area contributed by atoms with E-state index in [0.29, 0.717) is 18.5 Å². The lowest BCUT2D eigenvalue weighted by Crippen LogP contribution is -2.06. The van der Waals surface area contributed by atoms with E-state index in [1.165, 1.54) is 0 Å². The number of aromatic nitrogens is 2. The summed E-state index contributed by atoms with van der Waals surface area (Å²) < 4.78 is 2.05. The average molecular weight is 307 g/mol. The molecule has 0 aliphatic rings. The molecule has 116 valence electrons. The van der Waals surface area contributed by atoms with Gasteiger partial charge in [0, 0.05) is 31.0 Å². The van der Waals surface area contributed by atoms with Crippen LogP contribution in [0.4, 0.5) is 5.69 Å². The highest BCUT2D eigenvalue weighted by molar-refractivity contribution is 5.87. The highest BCUT2D eigenvalue weighted by Gasteiger charge is 2.07. The van der Waals surface area contributed by atoms with Crippen LogP contribution in [0.3, 0.4) is 0 Å². The zero-order valence-corrected chi connectivity index (χ0v) is 12.5. The first kappa shape index (κ1) is 14.8. The van der Waals surface area contributed by atoms with E-state index >= 15 is 0 Å². The molecule has 0 aliphatic carbocycles. The second-order valence-electron chi connectivity index (χ2n) is 5.40. The third kappa shape index (κ3) is 3.58. The number of nitrogen functional groups attached to an aromatic ring is 1. The summed E-state index contributed by atoms with van der Waals surface area (Å²) >= 11 is 0. The van der Waals surface area contributed by atoms with Gasteiger partial charge < -0.3 is 15.4 Å². The average Bonchev–Trinajstić information content (AvgIpc) is 2.95. The van der Waals surface area contributed by atoms with Gasteiger partial charge in [0.05, 0.1) is 5.56 Å². The Kier molecular flexibility index (Phi) is 4.10. The summed E-state index contributed by atoms with van der Waals surface area (Å²) in [6.45, 7) is 0.650. The van der Waals surface area contributed by atoms with Gasteiger partial charge in [0.2, 0.25) is 0 Å². The van der Waals surface area contributed by atoms with E-state index < -0.39 is 5.97 Å². The SMILES string of the molecule is Nc1cccc(Cc2nccn2Cc2ccc(C(=O)O)cc2)c1. The maximum atomic E-state index is 10.9. The Morgan fingerprint density at radius 3 is 2.61 bits per heavy atom. The van der Waals surface area contributed by atoms with Crippen molar-refractivity contribution in [2.24, 2.45) is 0 Å². The summed E-state index contributed by atoms with van der Waals surface area (Å²) in [4.78, 5) is 15.3. The minimum absolute atomic E-state index is 0.291. The number of hydrogen-bond acceptors (Lipinski definition) is 3. The molecule has 3 aromatic rings. The topological polar surface area (TPSA) is 81.1 Å². The molecule has 0 radical (unpaired) electrons. The number of nitrogens with zero attached hydrogens (tertiary/aromatic N) is 2. The fraction of sp³-hybridized carbons (Fsp3) is 0.111. The van der Waals surface area contributed by atoms with Crippen LogP contribution in [0.2, 0.25) is 0 Å². The fourth-order valence-corrected chi connectivity index (χ4v) is 2.49. The van der Waals surface area contributed by atoms with Crippen molar-refractivity contribution in [3.8, 4) is 0 Å². The van der Waals surface area contributed by atoms with Crippen molar-refractivity contribution in [2.75, 3.05) is 5.73 Å². The predicted molar refractivity (Wildman–Crippen MR) is 88.4 cm³/mol. The minimum atomic E-state index is -0.915. The summed E-state index contributed by atoms with van der Waals surface area (Å²) in [5.41, 5.74) is 8.98. The number of imidazole rings is 1. The number of anilines is 1. The second-order valence-corrected chi connectivity index (χ2v) is 5.40. The Balaban J connectivity index is 1.77. The van der Waals surface area contributed by atoms with Crippen LogP contribution in [0, 0.1) is 0 Å². The van der Waals surface area contributed by atoms with Crippen LogP contribution in [0.5, 0.6) is 0 Å². The minimum Gasteiger partial charge on any atom is -0.478 e. The normalized spacial score (nSPS) is 10.6. The van der Waals surface area contributed by atoms with E-state index in [1.54, 1.807) is 18.3 Å². The first-order valence-electron chi connectivity index (χ1n) is 7.28. The molecule has 0 amide bonds. The van der Waals surface area contributed by atoms with Crippen molar-refractivity contribution in [3.05, 3.63) is 83.4 Å². The van der Waals surface area contributed by atoms with Crippen LogP contribution in [0.25, 0.3) is 0 Å². The highest BCUT2D eigenvalue weighted by Crippen LogP contribution is 2.13. The second kappa shape index (κ2) is 6.36. The van der Waals surface area contributed by atoms with Crippen LogP contribution in [-0.2, 0) is 13.0 Å². The highest BCUT2D eigenvalue weighted by atomic mass is 16.4. The lowest BCUT2D eigenvalue weighted by atomic mass is 10.1. The van der Waals surface area contributed by atoms with Gasteiger partial charge in [0.1, 0.15) is 5.82 Å². The third-order valence-corrected chi connectivity index (χ3v) is 3.67. The van der Waals surface area contributed by atoms with Gasteiger partial charge in [-0.15, -0.1) is 0 Å². The lowest BCUT2D eigenvalue weighted by molar-refractivity contribution is 0.0697. The molecule has 5 nitrogen and oxygen atoms in total. The van der Waals surface area contributed by atoms with E-state index in [9.17, 15) is 4.79 Å². The van der Waals surface area contributed by atoms with Crippen molar-refractivity contribution in [2.45, 2.75) is 13.0 Å². The van der Waals surface area contributed by atoms with Gasteiger partial charge >= 0.3 is 5.97 Å². The number of rotatable bonds is 5. The summed E-state index contributed by atoms with van der Waals surface area (Å²) in [6, 6.07) is 14.7. The fourth-order valence-electron chi connectivity index (χ4n) is 2.49. The van der Waals surface area contributed by atoms with Crippen LogP contribution < -0.4 is 5.73 Å². The number of hydrogen-bond donors (Lipinski definition) is 2. The molecule has 23 heavy (non-hydrogen) atoms. The molecule has 0 spiro atoms. The van der Waals surface area contributed by atoms with E-state index in [4.69, 9.17) is 10.8 Å². The van der Waals surface area contributed by atoms with Crippen LogP contribution in [0.1, 0.15) is 27.3 Å². The molecule has 0 fully saturated rings. The molecule has 0 saturated heterocycles. The van der Waals surface area contributed by atoms with Crippen LogP contribution in [-0.4, -0.2) is 20.6 Å². The molecule has 0 bridgehead atoms. The van der Waals surface area contributed by atoms with Crippen LogP contribution in [0.15, 0.2) is 60.9 Å². The van der Waals surface area contributed by atoms with Gasteiger partial charge in [-0.1, -0.05) is 24.3 Å². The molecule has 0 saturated carbocycles. The molecule has 0 unspecified atom stereocenters. The van der Waals surface area contributed by atoms with Gasteiger partial charge in [0.25, 0.3) is 0 Å². The number of carboxylic acids is 1. The van der Waals surface area contributed by atoms with Gasteiger partial charge in [-0.05, 0) is 35.4 Å². The van der Waals surface area contributed by atoms with Crippen molar-refractivity contribution in [1.29, 1.82) is 0 Å². The van der Waals surface area contributed by atoms with E-state index in [2.05, 4.69) is 9.55 Å². The lowest BCUT2D eigenvalue weighted by Gasteiger charge is -2.09. The Labute approximate surface area is 134 Å². The predicted octanol–water partition coefficient (Wildman–Crippen LogP) is 2.80. The standard InChI is InChI=1S/C18H17N3O2/c19-16-3-1-2-14(10-16)11-17-20-8-9-21(17)12-13-4-6-15(7-5-13)18(22)23/h1-10H,11-12,19H2,(H,22,23). The van der Waals surface area contributed by atoms with Crippen molar-refractivity contribution >= 4 is 11.7 Å². The van der Waals surface area contributed by atoms with Crippen molar-refractivity contribution < 1.29 is 9.90 Å². The van der Waals surface area contributed by atoms with Crippen molar-refractivity contribution in [3.63, 3.8) is 0 Å². The number of carbonyl (C=O) groups is 1. The van der Waals surface area contributed by atoms with Crippen molar-refractivity contribution in [1.82, 2.24) is 9.55 Å². The number of benzene rings is 2. The van der Waals surface area contributed by atoms with E-state index in [0.717, 1.165) is 22.6 Å². The van der Waals surface area contributed by atoms with E-state index in [-0.39, 0.29) is 0 Å². The molecule has 1 heterocycles. The molecule has 3 rings (SSSR count). The molecular weight excluding hydrogens is 290 g/mol. The third-order valence-electron chi connectivity index (χ3n) is 3.67. The van der Waals surface area contributed by atoms with E-state index in [1.807, 2.05) is 42.6 Å². The summed E-state index contributed by atoms with van der Waals surface area (Å²) in [7, 11) is 0. The zero-order chi connectivity index (χ0) is 16.2. The van der Waals surface area contributed by atoms with Gasteiger partial charge in [0.15, 0.2) is 0 Å². The van der Waals surface area contributed by atoms with Crippen LogP contribution >= 0.6 is 0 Å². The molecule has 1 aromatic heterocycles. The van der Waals surface area contributed by atoms with Gasteiger partial charge in [-0.2, -0.15) is 0 Å². The summed E-state index contributed by atoms with van der Waals surface area (Å²) in [5.74, 6) is 0.0273. The van der Waals surface area contributed by atoms with Gasteiger partial charge in [-0.3, -0.25) is 0 Å². The Hall–Kier alpha value is -3.08. The van der Waals surface area contributed by atoms with Gasteiger partial charge in [-0.25, -0.2) is 9.78 Å². The zero-order valence-electron chi connectivity index (χ0n) is 12.5.